The first-order chi connectivity index (χ1) is 12.4. The van der Waals surface area contributed by atoms with Crippen molar-refractivity contribution in [3.63, 3.8) is 0 Å². The van der Waals surface area contributed by atoms with Crippen molar-refractivity contribution >= 4 is 46.0 Å². The zero-order chi connectivity index (χ0) is 18.8. The SMILES string of the molecule is CCOc1cc(/C=C2\SC(=S)N(c3c(C)cccc3C)C2=O)ccc1O. The van der Waals surface area contributed by atoms with E-state index in [1.165, 1.54) is 11.8 Å². The fourth-order valence-corrected chi connectivity index (χ4v) is 4.13. The van der Waals surface area contributed by atoms with Gasteiger partial charge in [-0.25, -0.2) is 0 Å². The number of aromatic hydroxyl groups is 1. The van der Waals surface area contributed by atoms with Crippen LogP contribution in [-0.2, 0) is 4.79 Å². The van der Waals surface area contributed by atoms with E-state index in [9.17, 15) is 9.90 Å². The first-order valence-electron chi connectivity index (χ1n) is 8.22. The molecule has 134 valence electrons. The van der Waals surface area contributed by atoms with E-state index in [-0.39, 0.29) is 11.7 Å². The molecule has 26 heavy (non-hydrogen) atoms. The molecule has 1 amide bonds. The highest BCUT2D eigenvalue weighted by molar-refractivity contribution is 8.27. The molecule has 0 saturated carbocycles. The summed E-state index contributed by atoms with van der Waals surface area (Å²) in [5.74, 6) is 0.335. The highest BCUT2D eigenvalue weighted by Crippen LogP contribution is 2.39. The first kappa shape index (κ1) is 18.5. The fourth-order valence-electron chi connectivity index (χ4n) is 2.86. The van der Waals surface area contributed by atoms with Gasteiger partial charge in [-0.2, -0.15) is 0 Å². The van der Waals surface area contributed by atoms with Crippen molar-refractivity contribution in [2.45, 2.75) is 20.8 Å². The Hall–Kier alpha value is -2.31. The summed E-state index contributed by atoms with van der Waals surface area (Å²) in [5, 5.41) is 9.83. The molecular weight excluding hydrogens is 366 g/mol. The normalized spacial score (nSPS) is 15.8. The third kappa shape index (κ3) is 3.48. The minimum Gasteiger partial charge on any atom is -0.504 e. The van der Waals surface area contributed by atoms with Crippen LogP contribution in [0, 0.1) is 13.8 Å². The molecule has 1 aliphatic heterocycles. The monoisotopic (exact) mass is 385 g/mol. The van der Waals surface area contributed by atoms with E-state index < -0.39 is 0 Å². The third-order valence-corrected chi connectivity index (χ3v) is 5.34. The van der Waals surface area contributed by atoms with Crippen molar-refractivity contribution in [3.8, 4) is 11.5 Å². The molecule has 6 heteroatoms. The van der Waals surface area contributed by atoms with Gasteiger partial charge < -0.3 is 9.84 Å². The molecule has 0 aromatic heterocycles. The van der Waals surface area contributed by atoms with Gasteiger partial charge in [0.1, 0.15) is 0 Å². The molecule has 2 aromatic carbocycles. The molecule has 3 rings (SSSR count). The van der Waals surface area contributed by atoms with Gasteiger partial charge in [0, 0.05) is 0 Å². The van der Waals surface area contributed by atoms with Gasteiger partial charge in [-0.05, 0) is 55.7 Å². The Bertz CT molecular complexity index is 901. The quantitative estimate of drug-likeness (QED) is 0.604. The van der Waals surface area contributed by atoms with E-state index >= 15 is 0 Å². The summed E-state index contributed by atoms with van der Waals surface area (Å²) in [6, 6.07) is 10.9. The van der Waals surface area contributed by atoms with Gasteiger partial charge in [-0.1, -0.05) is 48.2 Å². The number of phenols is 1. The molecule has 0 bridgehead atoms. The number of phenolic OH excluding ortho intramolecular Hbond substituents is 1. The number of para-hydroxylation sites is 1. The number of rotatable bonds is 4. The lowest BCUT2D eigenvalue weighted by atomic mass is 10.1. The number of amides is 1. The number of benzene rings is 2. The van der Waals surface area contributed by atoms with Crippen LogP contribution in [0.25, 0.3) is 6.08 Å². The summed E-state index contributed by atoms with van der Waals surface area (Å²) >= 11 is 6.74. The number of thiocarbonyl (C=S) groups is 1. The zero-order valence-corrected chi connectivity index (χ0v) is 16.4. The Morgan fingerprint density at radius 1 is 1.23 bits per heavy atom. The van der Waals surface area contributed by atoms with Crippen molar-refractivity contribution in [2.24, 2.45) is 0 Å². The van der Waals surface area contributed by atoms with Crippen LogP contribution in [0.15, 0.2) is 41.3 Å². The van der Waals surface area contributed by atoms with Crippen LogP contribution in [0.5, 0.6) is 11.5 Å². The standard InChI is InChI=1S/C20H19NO3S2/c1-4-24-16-10-14(8-9-15(16)22)11-17-19(23)21(20(25)26-17)18-12(2)6-5-7-13(18)3/h5-11,22H,4H2,1-3H3/b17-11-. The second-order valence-corrected chi connectivity index (χ2v) is 7.59. The van der Waals surface area contributed by atoms with Crippen LogP contribution < -0.4 is 9.64 Å². The summed E-state index contributed by atoms with van der Waals surface area (Å²) in [7, 11) is 0. The second-order valence-electron chi connectivity index (χ2n) is 5.92. The third-order valence-electron chi connectivity index (χ3n) is 4.04. The number of thioether (sulfide) groups is 1. The van der Waals surface area contributed by atoms with Gasteiger partial charge in [0.2, 0.25) is 0 Å². The number of carbonyl (C=O) groups is 1. The molecule has 1 heterocycles. The molecule has 1 N–H and O–H groups in total. The molecule has 2 aromatic rings. The smallest absolute Gasteiger partial charge is 0.270 e. The van der Waals surface area contributed by atoms with E-state index in [1.54, 1.807) is 29.2 Å². The molecule has 1 saturated heterocycles. The van der Waals surface area contributed by atoms with Crippen molar-refractivity contribution in [1.29, 1.82) is 0 Å². The molecule has 0 unspecified atom stereocenters. The molecular formula is C20H19NO3S2. The van der Waals surface area contributed by atoms with Gasteiger partial charge in [0.25, 0.3) is 5.91 Å². The summed E-state index contributed by atoms with van der Waals surface area (Å²) in [6.45, 7) is 6.24. The fraction of sp³-hybridized carbons (Fsp3) is 0.200. The number of hydrogen-bond donors (Lipinski definition) is 1. The van der Waals surface area contributed by atoms with E-state index in [2.05, 4.69) is 0 Å². The molecule has 0 radical (unpaired) electrons. The molecule has 1 fully saturated rings. The van der Waals surface area contributed by atoms with Crippen LogP contribution in [0.4, 0.5) is 5.69 Å². The van der Waals surface area contributed by atoms with E-state index in [1.807, 2.05) is 39.0 Å². The summed E-state index contributed by atoms with van der Waals surface area (Å²) < 4.78 is 5.92. The molecule has 0 aliphatic carbocycles. The number of aryl methyl sites for hydroxylation is 2. The Labute approximate surface area is 162 Å². The minimum absolute atomic E-state index is 0.0760. The maximum Gasteiger partial charge on any atom is 0.270 e. The summed E-state index contributed by atoms with van der Waals surface area (Å²) in [4.78, 5) is 15.1. The van der Waals surface area contributed by atoms with E-state index in [4.69, 9.17) is 17.0 Å². The van der Waals surface area contributed by atoms with Gasteiger partial charge in [0.15, 0.2) is 15.8 Å². The van der Waals surface area contributed by atoms with Gasteiger partial charge >= 0.3 is 0 Å². The summed E-state index contributed by atoms with van der Waals surface area (Å²) in [5.41, 5.74) is 3.63. The maximum absolute atomic E-state index is 13.0. The van der Waals surface area contributed by atoms with Gasteiger partial charge in [-0.3, -0.25) is 9.69 Å². The van der Waals surface area contributed by atoms with Crippen molar-refractivity contribution in [1.82, 2.24) is 0 Å². The van der Waals surface area contributed by atoms with Gasteiger partial charge in [-0.15, -0.1) is 0 Å². The van der Waals surface area contributed by atoms with Crippen LogP contribution in [-0.4, -0.2) is 21.9 Å². The van der Waals surface area contributed by atoms with Crippen LogP contribution in [0.2, 0.25) is 0 Å². The average Bonchev–Trinajstić information content (AvgIpc) is 2.86. The highest BCUT2D eigenvalue weighted by Gasteiger charge is 2.34. The Morgan fingerprint density at radius 2 is 1.92 bits per heavy atom. The average molecular weight is 386 g/mol. The number of nitrogens with zero attached hydrogens (tertiary/aromatic N) is 1. The number of anilines is 1. The topological polar surface area (TPSA) is 49.8 Å². The van der Waals surface area contributed by atoms with Crippen molar-refractivity contribution in [2.75, 3.05) is 11.5 Å². The lowest BCUT2D eigenvalue weighted by molar-refractivity contribution is -0.113. The molecule has 0 spiro atoms. The lowest BCUT2D eigenvalue weighted by Gasteiger charge is -2.19. The Balaban J connectivity index is 1.97. The zero-order valence-electron chi connectivity index (χ0n) is 14.8. The molecule has 1 aliphatic rings. The second kappa shape index (κ2) is 7.51. The largest absolute Gasteiger partial charge is 0.504 e. The molecule has 0 atom stereocenters. The van der Waals surface area contributed by atoms with Crippen molar-refractivity contribution in [3.05, 3.63) is 58.0 Å². The summed E-state index contributed by atoms with van der Waals surface area (Å²) in [6.07, 6.45) is 1.77. The van der Waals surface area contributed by atoms with Gasteiger partial charge in [0.05, 0.1) is 17.2 Å². The van der Waals surface area contributed by atoms with E-state index in [0.717, 1.165) is 22.4 Å². The van der Waals surface area contributed by atoms with Crippen LogP contribution in [0.3, 0.4) is 0 Å². The van der Waals surface area contributed by atoms with Crippen molar-refractivity contribution < 1.29 is 14.6 Å². The molecule has 4 nitrogen and oxygen atoms in total. The van der Waals surface area contributed by atoms with Crippen LogP contribution >= 0.6 is 24.0 Å². The van der Waals surface area contributed by atoms with E-state index in [0.29, 0.717) is 21.6 Å². The Morgan fingerprint density at radius 3 is 2.58 bits per heavy atom. The minimum atomic E-state index is -0.136. The predicted molar refractivity (Wildman–Crippen MR) is 111 cm³/mol. The maximum atomic E-state index is 13.0. The lowest BCUT2D eigenvalue weighted by Crippen LogP contribution is -2.29. The predicted octanol–water partition coefficient (Wildman–Crippen LogP) is 4.81. The number of ether oxygens (including phenoxy) is 1. The number of hydrogen-bond acceptors (Lipinski definition) is 5. The van der Waals surface area contributed by atoms with Crippen LogP contribution in [0.1, 0.15) is 23.6 Å². The highest BCUT2D eigenvalue weighted by atomic mass is 32.2. The Kier molecular flexibility index (Phi) is 5.34. The first-order valence-corrected chi connectivity index (χ1v) is 9.44. The number of carbonyl (C=O) groups excluding carboxylic acids is 1.